The third-order valence-corrected chi connectivity index (χ3v) is 3.12. The monoisotopic (exact) mass is 323 g/mol. The number of hydrogen-bond acceptors (Lipinski definition) is 4. The SMILES string of the molecule is CCOc1ccc(C(=O)N[C@@H](CC(C)C)C(=O)O)cc1OCC. The first-order chi connectivity index (χ1) is 10.9. The minimum atomic E-state index is -1.04. The highest BCUT2D eigenvalue weighted by molar-refractivity contribution is 5.97. The molecule has 1 atom stereocenters. The summed E-state index contributed by atoms with van der Waals surface area (Å²) in [5.41, 5.74) is 0.340. The van der Waals surface area contributed by atoms with E-state index in [1.54, 1.807) is 18.2 Å². The summed E-state index contributed by atoms with van der Waals surface area (Å²) in [5.74, 6) is -0.290. The van der Waals surface area contributed by atoms with Gasteiger partial charge in [0.15, 0.2) is 11.5 Å². The Balaban J connectivity index is 2.93. The minimum absolute atomic E-state index is 0.163. The van der Waals surface area contributed by atoms with Gasteiger partial charge in [-0.3, -0.25) is 4.79 Å². The van der Waals surface area contributed by atoms with Crippen molar-refractivity contribution in [2.45, 2.75) is 40.2 Å². The van der Waals surface area contributed by atoms with Crippen molar-refractivity contribution in [3.05, 3.63) is 23.8 Å². The van der Waals surface area contributed by atoms with Crippen molar-refractivity contribution in [2.75, 3.05) is 13.2 Å². The predicted molar refractivity (Wildman–Crippen MR) is 87.1 cm³/mol. The van der Waals surface area contributed by atoms with Crippen LogP contribution in [0.3, 0.4) is 0 Å². The Morgan fingerprint density at radius 3 is 2.26 bits per heavy atom. The molecule has 0 fully saturated rings. The average molecular weight is 323 g/mol. The molecule has 23 heavy (non-hydrogen) atoms. The van der Waals surface area contributed by atoms with Gasteiger partial charge in [0.25, 0.3) is 5.91 Å². The van der Waals surface area contributed by atoms with Gasteiger partial charge < -0.3 is 19.9 Å². The molecule has 0 bridgehead atoms. The van der Waals surface area contributed by atoms with Gasteiger partial charge in [-0.05, 0) is 44.4 Å². The van der Waals surface area contributed by atoms with Gasteiger partial charge in [0.2, 0.25) is 0 Å². The molecule has 0 aliphatic carbocycles. The zero-order valence-electron chi connectivity index (χ0n) is 14.1. The van der Waals surface area contributed by atoms with E-state index in [1.165, 1.54) is 0 Å². The van der Waals surface area contributed by atoms with Gasteiger partial charge in [-0.2, -0.15) is 0 Å². The van der Waals surface area contributed by atoms with Crippen molar-refractivity contribution in [3.63, 3.8) is 0 Å². The molecule has 6 nitrogen and oxygen atoms in total. The van der Waals surface area contributed by atoms with Gasteiger partial charge in [-0.1, -0.05) is 13.8 Å². The third kappa shape index (κ3) is 5.81. The Bertz CT molecular complexity index is 542. The van der Waals surface area contributed by atoms with E-state index >= 15 is 0 Å². The summed E-state index contributed by atoms with van der Waals surface area (Å²) in [7, 11) is 0. The maximum absolute atomic E-state index is 12.3. The van der Waals surface area contributed by atoms with Crippen molar-refractivity contribution in [1.82, 2.24) is 5.32 Å². The molecule has 1 rings (SSSR count). The third-order valence-electron chi connectivity index (χ3n) is 3.12. The fraction of sp³-hybridized carbons (Fsp3) is 0.529. The smallest absolute Gasteiger partial charge is 0.326 e. The van der Waals surface area contributed by atoms with Gasteiger partial charge >= 0.3 is 5.97 Å². The normalized spacial score (nSPS) is 11.9. The largest absolute Gasteiger partial charge is 0.490 e. The number of carbonyl (C=O) groups is 2. The number of benzene rings is 1. The molecule has 0 radical (unpaired) electrons. The Labute approximate surface area is 136 Å². The fourth-order valence-electron chi connectivity index (χ4n) is 2.13. The molecule has 0 aromatic heterocycles. The van der Waals surface area contributed by atoms with Crippen molar-refractivity contribution in [1.29, 1.82) is 0 Å². The van der Waals surface area contributed by atoms with Crippen LogP contribution < -0.4 is 14.8 Å². The van der Waals surface area contributed by atoms with Crippen LogP contribution in [-0.4, -0.2) is 36.2 Å². The first kappa shape index (κ1) is 18.8. The lowest BCUT2D eigenvalue weighted by Gasteiger charge is -2.17. The number of amides is 1. The van der Waals surface area contributed by atoms with Gasteiger partial charge in [0, 0.05) is 5.56 Å². The number of carboxylic acid groups (broad SMARTS) is 1. The predicted octanol–water partition coefficient (Wildman–Crippen LogP) is 2.71. The van der Waals surface area contributed by atoms with Crippen LogP contribution in [0.25, 0.3) is 0 Å². The van der Waals surface area contributed by atoms with Crippen molar-refractivity contribution in [3.8, 4) is 11.5 Å². The molecular weight excluding hydrogens is 298 g/mol. The highest BCUT2D eigenvalue weighted by Crippen LogP contribution is 2.28. The summed E-state index contributed by atoms with van der Waals surface area (Å²) in [6, 6.07) is 3.90. The van der Waals surface area contributed by atoms with Crippen molar-refractivity contribution in [2.24, 2.45) is 5.92 Å². The molecule has 1 amide bonds. The summed E-state index contributed by atoms with van der Waals surface area (Å²) >= 11 is 0. The number of ether oxygens (including phenoxy) is 2. The van der Waals surface area contributed by atoms with Crippen LogP contribution in [0, 0.1) is 5.92 Å². The van der Waals surface area contributed by atoms with Gasteiger partial charge in [0.1, 0.15) is 6.04 Å². The maximum atomic E-state index is 12.3. The second-order valence-corrected chi connectivity index (χ2v) is 5.52. The van der Waals surface area contributed by atoms with E-state index in [0.717, 1.165) is 0 Å². The lowest BCUT2D eigenvalue weighted by molar-refractivity contribution is -0.139. The van der Waals surface area contributed by atoms with Crippen LogP contribution >= 0.6 is 0 Å². The Kier molecular flexibility index (Phi) is 7.38. The van der Waals surface area contributed by atoms with Gasteiger partial charge in [-0.25, -0.2) is 4.79 Å². The second-order valence-electron chi connectivity index (χ2n) is 5.52. The van der Waals surface area contributed by atoms with Crippen molar-refractivity contribution < 1.29 is 24.2 Å². The summed E-state index contributed by atoms with van der Waals surface area (Å²) in [5, 5.41) is 11.8. The molecule has 0 spiro atoms. The van der Waals surface area contributed by atoms with Gasteiger partial charge in [-0.15, -0.1) is 0 Å². The summed E-state index contributed by atoms with van der Waals surface area (Å²) in [6.07, 6.45) is 0.371. The fourth-order valence-corrected chi connectivity index (χ4v) is 2.13. The highest BCUT2D eigenvalue weighted by atomic mass is 16.5. The first-order valence-electron chi connectivity index (χ1n) is 7.82. The molecule has 0 unspecified atom stereocenters. The molecule has 0 heterocycles. The molecule has 1 aromatic carbocycles. The van der Waals surface area contributed by atoms with Crippen molar-refractivity contribution >= 4 is 11.9 Å². The molecule has 0 aliphatic rings. The van der Waals surface area contributed by atoms with E-state index in [9.17, 15) is 14.7 Å². The highest BCUT2D eigenvalue weighted by Gasteiger charge is 2.22. The molecular formula is C17H25NO5. The number of aliphatic carboxylic acids is 1. The van der Waals surface area contributed by atoms with E-state index in [4.69, 9.17) is 9.47 Å². The van der Waals surface area contributed by atoms with Crippen LogP contribution in [0.2, 0.25) is 0 Å². The number of nitrogens with one attached hydrogen (secondary N) is 1. The van der Waals surface area contributed by atoms with Crippen LogP contribution in [0.15, 0.2) is 18.2 Å². The number of rotatable bonds is 9. The lowest BCUT2D eigenvalue weighted by atomic mass is 10.0. The average Bonchev–Trinajstić information content (AvgIpc) is 2.48. The molecule has 0 saturated carbocycles. The van der Waals surface area contributed by atoms with Gasteiger partial charge in [0.05, 0.1) is 13.2 Å². The summed E-state index contributed by atoms with van der Waals surface area (Å²) in [4.78, 5) is 23.5. The Hall–Kier alpha value is -2.24. The minimum Gasteiger partial charge on any atom is -0.490 e. The molecule has 2 N–H and O–H groups in total. The van der Waals surface area contributed by atoms with Crippen LogP contribution in [0.5, 0.6) is 11.5 Å². The van der Waals surface area contributed by atoms with Crippen LogP contribution in [0.4, 0.5) is 0 Å². The topological polar surface area (TPSA) is 84.9 Å². The van der Waals surface area contributed by atoms with E-state index in [2.05, 4.69) is 5.32 Å². The Morgan fingerprint density at radius 1 is 1.13 bits per heavy atom. The first-order valence-corrected chi connectivity index (χ1v) is 7.82. The zero-order chi connectivity index (χ0) is 17.4. The molecule has 128 valence electrons. The standard InChI is InChI=1S/C17H25NO5/c1-5-22-14-8-7-12(10-15(14)23-6-2)16(19)18-13(17(20)21)9-11(3)4/h7-8,10-11,13H,5-6,9H2,1-4H3,(H,18,19)(H,20,21)/t13-/m0/s1. The van der Waals surface area contributed by atoms with E-state index in [1.807, 2.05) is 27.7 Å². The number of hydrogen-bond donors (Lipinski definition) is 2. The van der Waals surface area contributed by atoms with Crippen LogP contribution in [-0.2, 0) is 4.79 Å². The lowest BCUT2D eigenvalue weighted by Crippen LogP contribution is -2.41. The van der Waals surface area contributed by atoms with E-state index in [-0.39, 0.29) is 5.92 Å². The van der Waals surface area contributed by atoms with E-state index < -0.39 is 17.9 Å². The second kappa shape index (κ2) is 9.02. The summed E-state index contributed by atoms with van der Waals surface area (Å²) < 4.78 is 10.9. The zero-order valence-corrected chi connectivity index (χ0v) is 14.1. The maximum Gasteiger partial charge on any atom is 0.326 e. The molecule has 0 aliphatic heterocycles. The van der Waals surface area contributed by atoms with Crippen LogP contribution in [0.1, 0.15) is 44.5 Å². The molecule has 1 aromatic rings. The quantitative estimate of drug-likeness (QED) is 0.730. The molecule has 6 heteroatoms. The number of carboxylic acids is 1. The number of carbonyl (C=O) groups excluding carboxylic acids is 1. The Morgan fingerprint density at radius 2 is 1.74 bits per heavy atom. The van der Waals surface area contributed by atoms with E-state index in [0.29, 0.717) is 36.7 Å². The molecule has 0 saturated heterocycles. The summed E-state index contributed by atoms with van der Waals surface area (Å²) in [6.45, 7) is 8.45.